The summed E-state index contributed by atoms with van der Waals surface area (Å²) in [4.78, 5) is 31.8. The van der Waals surface area contributed by atoms with Gasteiger partial charge in [0.15, 0.2) is 0 Å². The Bertz CT molecular complexity index is 1020. The normalized spacial score (nSPS) is 10.8. The number of hydrogen-bond acceptors (Lipinski definition) is 4. The minimum absolute atomic E-state index is 0.273. The number of pyridine rings is 1. The molecule has 2 N–H and O–H groups in total. The fourth-order valence-corrected chi connectivity index (χ4v) is 3.00. The van der Waals surface area contributed by atoms with E-state index in [1.54, 1.807) is 19.9 Å². The maximum Gasteiger partial charge on any atom is 0.339 e. The molecule has 0 unspecified atom stereocenters. The Balaban J connectivity index is 1.71. The fraction of sp³-hybridized carbons (Fsp3) is 0.286. The van der Waals surface area contributed by atoms with Gasteiger partial charge in [-0.15, -0.1) is 0 Å². The SMILES string of the molecule is CCOC(=O)c1ccc(C(=O)NCc2ccc3[nH]c(C)c(C)c3c2)nc1C. The van der Waals surface area contributed by atoms with E-state index in [0.29, 0.717) is 24.4 Å². The van der Waals surface area contributed by atoms with Crippen molar-refractivity contribution < 1.29 is 14.3 Å². The first-order valence-corrected chi connectivity index (χ1v) is 8.91. The van der Waals surface area contributed by atoms with Gasteiger partial charge in [-0.2, -0.15) is 0 Å². The molecular formula is C21H23N3O3. The van der Waals surface area contributed by atoms with Gasteiger partial charge in [-0.25, -0.2) is 9.78 Å². The number of H-pyrrole nitrogens is 1. The van der Waals surface area contributed by atoms with Crippen LogP contribution in [-0.2, 0) is 11.3 Å². The van der Waals surface area contributed by atoms with E-state index in [1.807, 2.05) is 19.1 Å². The zero-order chi connectivity index (χ0) is 19.6. The lowest BCUT2D eigenvalue weighted by Crippen LogP contribution is -2.24. The third kappa shape index (κ3) is 3.84. The molecule has 3 aromatic rings. The number of amides is 1. The molecule has 0 radical (unpaired) electrons. The summed E-state index contributed by atoms with van der Waals surface area (Å²) in [5, 5.41) is 4.04. The molecule has 1 amide bonds. The van der Waals surface area contributed by atoms with Crippen LogP contribution in [0.3, 0.4) is 0 Å². The molecule has 0 aliphatic carbocycles. The summed E-state index contributed by atoms with van der Waals surface area (Å²) in [5.41, 5.74) is 5.58. The van der Waals surface area contributed by atoms with E-state index in [9.17, 15) is 9.59 Å². The lowest BCUT2D eigenvalue weighted by Gasteiger charge is -2.08. The van der Waals surface area contributed by atoms with E-state index in [4.69, 9.17) is 4.74 Å². The van der Waals surface area contributed by atoms with Crippen molar-refractivity contribution in [2.24, 2.45) is 0 Å². The number of carbonyl (C=O) groups excluding carboxylic acids is 2. The maximum absolute atomic E-state index is 12.4. The Morgan fingerprint density at radius 1 is 1.15 bits per heavy atom. The van der Waals surface area contributed by atoms with E-state index in [0.717, 1.165) is 22.2 Å². The highest BCUT2D eigenvalue weighted by atomic mass is 16.5. The van der Waals surface area contributed by atoms with Crippen molar-refractivity contribution >= 4 is 22.8 Å². The van der Waals surface area contributed by atoms with Gasteiger partial charge in [-0.1, -0.05) is 6.07 Å². The van der Waals surface area contributed by atoms with Crippen molar-refractivity contribution in [3.05, 3.63) is 64.1 Å². The molecule has 2 aromatic heterocycles. The van der Waals surface area contributed by atoms with Gasteiger partial charge in [0.05, 0.1) is 17.9 Å². The van der Waals surface area contributed by atoms with Gasteiger partial charge in [-0.05, 0) is 63.1 Å². The molecule has 6 nitrogen and oxygen atoms in total. The van der Waals surface area contributed by atoms with E-state index >= 15 is 0 Å². The van der Waals surface area contributed by atoms with Crippen LogP contribution in [0, 0.1) is 20.8 Å². The zero-order valence-electron chi connectivity index (χ0n) is 16.0. The van der Waals surface area contributed by atoms with E-state index < -0.39 is 5.97 Å². The number of esters is 1. The van der Waals surface area contributed by atoms with Crippen molar-refractivity contribution in [3.8, 4) is 0 Å². The quantitative estimate of drug-likeness (QED) is 0.677. The summed E-state index contributed by atoms with van der Waals surface area (Å²) in [6.07, 6.45) is 0. The molecule has 0 bridgehead atoms. The van der Waals surface area contributed by atoms with Crippen molar-refractivity contribution in [1.29, 1.82) is 0 Å². The van der Waals surface area contributed by atoms with Crippen LogP contribution in [-0.4, -0.2) is 28.5 Å². The fourth-order valence-electron chi connectivity index (χ4n) is 3.00. The van der Waals surface area contributed by atoms with Crippen LogP contribution < -0.4 is 5.32 Å². The first-order chi connectivity index (χ1) is 12.9. The van der Waals surface area contributed by atoms with Gasteiger partial charge in [0.2, 0.25) is 0 Å². The minimum atomic E-state index is -0.431. The lowest BCUT2D eigenvalue weighted by atomic mass is 10.1. The lowest BCUT2D eigenvalue weighted by molar-refractivity contribution is 0.0524. The average molecular weight is 365 g/mol. The van der Waals surface area contributed by atoms with Crippen molar-refractivity contribution in [2.75, 3.05) is 6.61 Å². The zero-order valence-corrected chi connectivity index (χ0v) is 16.0. The smallest absolute Gasteiger partial charge is 0.339 e. The highest BCUT2D eigenvalue weighted by Gasteiger charge is 2.15. The number of rotatable bonds is 5. The molecule has 6 heteroatoms. The van der Waals surface area contributed by atoms with Crippen LogP contribution in [0.5, 0.6) is 0 Å². The molecule has 0 saturated heterocycles. The number of ether oxygens (including phenoxy) is 1. The van der Waals surface area contributed by atoms with E-state index in [-0.39, 0.29) is 11.6 Å². The van der Waals surface area contributed by atoms with Crippen molar-refractivity contribution in [2.45, 2.75) is 34.2 Å². The number of nitrogens with zero attached hydrogens (tertiary/aromatic N) is 1. The van der Waals surface area contributed by atoms with E-state index in [1.165, 1.54) is 11.6 Å². The second-order valence-corrected chi connectivity index (χ2v) is 6.49. The van der Waals surface area contributed by atoms with E-state index in [2.05, 4.69) is 28.3 Å². The molecule has 2 heterocycles. The number of aryl methyl sites for hydroxylation is 3. The molecule has 0 spiro atoms. The molecule has 0 atom stereocenters. The Kier molecular flexibility index (Phi) is 5.26. The average Bonchev–Trinajstić information content (AvgIpc) is 2.93. The van der Waals surface area contributed by atoms with Gasteiger partial charge in [-0.3, -0.25) is 4.79 Å². The second-order valence-electron chi connectivity index (χ2n) is 6.49. The standard InChI is InChI=1S/C21H23N3O3/c1-5-27-21(26)16-7-9-19(24-14(16)4)20(25)22-11-15-6-8-18-17(10-15)12(2)13(3)23-18/h6-10,23H,5,11H2,1-4H3,(H,22,25). The van der Waals surface area contributed by atoms with Gasteiger partial charge in [0.25, 0.3) is 5.91 Å². The first kappa shape index (κ1) is 18.6. The van der Waals surface area contributed by atoms with Gasteiger partial charge in [0.1, 0.15) is 5.69 Å². The maximum atomic E-state index is 12.4. The highest BCUT2D eigenvalue weighted by molar-refractivity contribution is 5.95. The first-order valence-electron chi connectivity index (χ1n) is 8.91. The number of aromatic nitrogens is 2. The van der Waals surface area contributed by atoms with Crippen molar-refractivity contribution in [3.63, 3.8) is 0 Å². The van der Waals surface area contributed by atoms with Crippen LogP contribution in [0.25, 0.3) is 10.9 Å². The van der Waals surface area contributed by atoms with Crippen LogP contribution >= 0.6 is 0 Å². The largest absolute Gasteiger partial charge is 0.462 e. The number of carbonyl (C=O) groups is 2. The summed E-state index contributed by atoms with van der Waals surface area (Å²) in [5.74, 6) is -0.712. The molecule has 0 aliphatic heterocycles. The monoisotopic (exact) mass is 365 g/mol. The molecule has 3 rings (SSSR count). The summed E-state index contributed by atoms with van der Waals surface area (Å²) in [6.45, 7) is 8.26. The Hall–Kier alpha value is -3.15. The number of benzene rings is 1. The van der Waals surface area contributed by atoms with Gasteiger partial charge < -0.3 is 15.0 Å². The topological polar surface area (TPSA) is 84.1 Å². The Morgan fingerprint density at radius 2 is 1.93 bits per heavy atom. The van der Waals surface area contributed by atoms with Gasteiger partial charge >= 0.3 is 5.97 Å². The number of nitrogens with one attached hydrogen (secondary N) is 2. The molecule has 140 valence electrons. The third-order valence-corrected chi connectivity index (χ3v) is 4.64. The Labute approximate surface area is 158 Å². The molecular weight excluding hydrogens is 342 g/mol. The van der Waals surface area contributed by atoms with Crippen molar-refractivity contribution in [1.82, 2.24) is 15.3 Å². The summed E-state index contributed by atoms with van der Waals surface area (Å²) >= 11 is 0. The predicted octanol–water partition coefficient (Wildman–Crippen LogP) is 3.59. The van der Waals surface area contributed by atoms with Crippen LogP contribution in [0.4, 0.5) is 0 Å². The van der Waals surface area contributed by atoms with Crippen LogP contribution in [0.15, 0.2) is 30.3 Å². The molecule has 27 heavy (non-hydrogen) atoms. The molecule has 1 aromatic carbocycles. The Morgan fingerprint density at radius 3 is 2.63 bits per heavy atom. The van der Waals surface area contributed by atoms with Gasteiger partial charge in [0, 0.05) is 23.1 Å². The van der Waals surface area contributed by atoms with Crippen LogP contribution in [0.1, 0.15) is 50.3 Å². The summed E-state index contributed by atoms with van der Waals surface area (Å²) in [7, 11) is 0. The van der Waals surface area contributed by atoms with Crippen LogP contribution in [0.2, 0.25) is 0 Å². The molecule has 0 saturated carbocycles. The molecule has 0 aliphatic rings. The summed E-state index contributed by atoms with van der Waals surface area (Å²) < 4.78 is 4.98. The number of hydrogen-bond donors (Lipinski definition) is 2. The third-order valence-electron chi connectivity index (χ3n) is 4.64. The highest BCUT2D eigenvalue weighted by Crippen LogP contribution is 2.22. The second kappa shape index (κ2) is 7.61. The number of aromatic amines is 1. The molecule has 0 fully saturated rings. The number of fused-ring (bicyclic) bond motifs is 1. The predicted molar refractivity (Wildman–Crippen MR) is 104 cm³/mol. The minimum Gasteiger partial charge on any atom is -0.462 e. The summed E-state index contributed by atoms with van der Waals surface area (Å²) in [6, 6.07) is 9.20.